The molecule has 2 aromatic heterocycles. The fraction of sp³-hybridized carbons (Fsp3) is 0.125. The van der Waals surface area contributed by atoms with Gasteiger partial charge in [0.05, 0.1) is 17.9 Å². The summed E-state index contributed by atoms with van der Waals surface area (Å²) in [6.45, 7) is 2.03. The summed E-state index contributed by atoms with van der Waals surface area (Å²) >= 11 is 1.20. The van der Waals surface area contributed by atoms with Gasteiger partial charge in [-0.1, -0.05) is 11.8 Å². The van der Waals surface area contributed by atoms with Crippen LogP contribution in [0.2, 0.25) is 0 Å². The molecular weight excluding hydrogens is 457 g/mol. The lowest BCUT2D eigenvalue weighted by Gasteiger charge is -2.10. The Bertz CT molecular complexity index is 1280. The molecule has 0 saturated heterocycles. The average Bonchev–Trinajstić information content (AvgIpc) is 3.28. The van der Waals surface area contributed by atoms with Gasteiger partial charge in [-0.15, -0.1) is 10.2 Å². The second-order valence-electron chi connectivity index (χ2n) is 6.99. The third-order valence-electron chi connectivity index (χ3n) is 4.67. The van der Waals surface area contributed by atoms with Gasteiger partial charge in [-0.05, 0) is 67.6 Å². The van der Waals surface area contributed by atoms with Crippen molar-refractivity contribution >= 4 is 29.3 Å². The molecule has 0 bridgehead atoms. The Kier molecular flexibility index (Phi) is 7.28. The maximum atomic E-state index is 13.5. The molecule has 0 radical (unpaired) electrons. The molecule has 0 fully saturated rings. The minimum atomic E-state index is -0.416. The van der Waals surface area contributed by atoms with Crippen LogP contribution in [0.4, 0.5) is 10.1 Å². The van der Waals surface area contributed by atoms with Gasteiger partial charge in [0.15, 0.2) is 11.0 Å². The number of halogens is 1. The topological polar surface area (TPSA) is 99.0 Å². The van der Waals surface area contributed by atoms with Gasteiger partial charge in [-0.3, -0.25) is 14.3 Å². The Hall–Kier alpha value is -4.05. The highest BCUT2D eigenvalue weighted by Crippen LogP contribution is 2.28. The van der Waals surface area contributed by atoms with Crippen molar-refractivity contribution in [2.75, 3.05) is 17.7 Å². The lowest BCUT2D eigenvalue weighted by Crippen LogP contribution is -2.15. The predicted molar refractivity (Wildman–Crippen MR) is 126 cm³/mol. The van der Waals surface area contributed by atoms with Crippen LogP contribution in [0.1, 0.15) is 17.3 Å². The Morgan fingerprint density at radius 1 is 1.00 bits per heavy atom. The van der Waals surface area contributed by atoms with Crippen molar-refractivity contribution in [3.05, 3.63) is 84.4 Å². The number of benzene rings is 2. The average molecular weight is 478 g/mol. The molecule has 10 heteroatoms. The van der Waals surface area contributed by atoms with E-state index in [0.717, 1.165) is 5.56 Å². The van der Waals surface area contributed by atoms with E-state index in [1.54, 1.807) is 72.4 Å². The highest BCUT2D eigenvalue weighted by Gasteiger charge is 2.17. The molecule has 0 spiro atoms. The minimum absolute atomic E-state index is 0.0648. The normalized spacial score (nSPS) is 10.6. The fourth-order valence-corrected chi connectivity index (χ4v) is 3.86. The molecule has 0 aliphatic heterocycles. The summed E-state index contributed by atoms with van der Waals surface area (Å²) in [6, 6.07) is 16.0. The molecule has 1 amide bonds. The number of rotatable bonds is 8. The van der Waals surface area contributed by atoms with E-state index in [1.807, 2.05) is 0 Å². The number of nitrogens with one attached hydrogen (secondary N) is 1. The quantitative estimate of drug-likeness (QED) is 0.297. The molecule has 0 saturated carbocycles. The van der Waals surface area contributed by atoms with Crippen LogP contribution >= 0.6 is 11.8 Å². The third kappa shape index (κ3) is 5.46. The first-order chi connectivity index (χ1) is 16.5. The van der Waals surface area contributed by atoms with E-state index in [4.69, 9.17) is 4.74 Å². The molecule has 0 aliphatic carbocycles. The molecule has 4 rings (SSSR count). The number of aromatic nitrogens is 4. The molecule has 34 heavy (non-hydrogen) atoms. The zero-order valence-corrected chi connectivity index (χ0v) is 19.0. The zero-order valence-electron chi connectivity index (χ0n) is 18.1. The maximum Gasteiger partial charge on any atom is 0.338 e. The van der Waals surface area contributed by atoms with Gasteiger partial charge >= 0.3 is 5.97 Å². The molecule has 1 N–H and O–H groups in total. The van der Waals surface area contributed by atoms with Crippen LogP contribution in [-0.2, 0) is 9.53 Å². The Morgan fingerprint density at radius 2 is 1.71 bits per heavy atom. The van der Waals surface area contributed by atoms with E-state index in [-0.39, 0.29) is 17.5 Å². The SMILES string of the molecule is CCOC(=O)c1ccc(NC(=O)CSc2nnc(-c3ccncc3)n2-c2ccc(F)cc2)cc1. The molecule has 8 nitrogen and oxygen atoms in total. The molecule has 2 heterocycles. The van der Waals surface area contributed by atoms with Crippen LogP contribution in [0.5, 0.6) is 0 Å². The van der Waals surface area contributed by atoms with Crippen molar-refractivity contribution in [3.8, 4) is 17.1 Å². The minimum Gasteiger partial charge on any atom is -0.462 e. The van der Waals surface area contributed by atoms with Crippen LogP contribution in [0.3, 0.4) is 0 Å². The van der Waals surface area contributed by atoms with Gasteiger partial charge < -0.3 is 10.1 Å². The molecular formula is C24H20FN5O3S. The highest BCUT2D eigenvalue weighted by atomic mass is 32.2. The summed E-state index contributed by atoms with van der Waals surface area (Å²) in [5.41, 5.74) is 2.40. The molecule has 0 atom stereocenters. The second-order valence-corrected chi connectivity index (χ2v) is 7.93. The van der Waals surface area contributed by atoms with E-state index in [1.165, 1.54) is 23.9 Å². The van der Waals surface area contributed by atoms with Crippen LogP contribution in [0.25, 0.3) is 17.1 Å². The zero-order chi connectivity index (χ0) is 23.9. The molecule has 2 aromatic carbocycles. The van der Waals surface area contributed by atoms with Crippen molar-refractivity contribution in [3.63, 3.8) is 0 Å². The van der Waals surface area contributed by atoms with Crippen LogP contribution < -0.4 is 5.32 Å². The monoisotopic (exact) mass is 477 g/mol. The lowest BCUT2D eigenvalue weighted by molar-refractivity contribution is -0.113. The summed E-state index contributed by atoms with van der Waals surface area (Å²) in [6.07, 6.45) is 3.29. The smallest absolute Gasteiger partial charge is 0.338 e. The van der Waals surface area contributed by atoms with Gasteiger partial charge in [0, 0.05) is 29.3 Å². The van der Waals surface area contributed by atoms with Gasteiger partial charge in [-0.2, -0.15) is 0 Å². The number of amides is 1. The number of carbonyl (C=O) groups excluding carboxylic acids is 2. The summed E-state index contributed by atoms with van der Waals surface area (Å²) in [5, 5.41) is 11.8. The van der Waals surface area contributed by atoms with Crippen molar-refractivity contribution in [1.29, 1.82) is 0 Å². The van der Waals surface area contributed by atoms with E-state index >= 15 is 0 Å². The number of carbonyl (C=O) groups is 2. The summed E-state index contributed by atoms with van der Waals surface area (Å²) in [7, 11) is 0. The number of ether oxygens (including phenoxy) is 1. The Morgan fingerprint density at radius 3 is 2.38 bits per heavy atom. The number of hydrogen-bond donors (Lipinski definition) is 1. The Labute approximate surface area is 199 Å². The number of thioether (sulfide) groups is 1. The molecule has 172 valence electrons. The first-order valence-electron chi connectivity index (χ1n) is 10.4. The number of pyridine rings is 1. The van der Waals surface area contributed by atoms with Gasteiger partial charge in [0.2, 0.25) is 5.91 Å². The van der Waals surface area contributed by atoms with Gasteiger partial charge in [0.25, 0.3) is 0 Å². The molecule has 0 aliphatic rings. The third-order valence-corrected chi connectivity index (χ3v) is 5.60. The van der Waals surface area contributed by atoms with Crippen molar-refractivity contribution in [2.45, 2.75) is 12.1 Å². The molecule has 0 unspecified atom stereocenters. The summed E-state index contributed by atoms with van der Waals surface area (Å²) in [4.78, 5) is 28.3. The van der Waals surface area contributed by atoms with Crippen LogP contribution in [0.15, 0.2) is 78.2 Å². The maximum absolute atomic E-state index is 13.5. The molecule has 4 aromatic rings. The van der Waals surface area contributed by atoms with Crippen LogP contribution in [-0.4, -0.2) is 44.0 Å². The van der Waals surface area contributed by atoms with Gasteiger partial charge in [-0.25, -0.2) is 9.18 Å². The van der Waals surface area contributed by atoms with Crippen molar-refractivity contribution < 1.29 is 18.7 Å². The summed E-state index contributed by atoms with van der Waals surface area (Å²) in [5.74, 6) is -0.416. The lowest BCUT2D eigenvalue weighted by atomic mass is 10.2. The number of esters is 1. The summed E-state index contributed by atoms with van der Waals surface area (Å²) < 4.78 is 20.2. The van der Waals surface area contributed by atoms with E-state index in [9.17, 15) is 14.0 Å². The van der Waals surface area contributed by atoms with E-state index in [2.05, 4.69) is 20.5 Å². The number of nitrogens with zero attached hydrogens (tertiary/aromatic N) is 4. The standard InChI is InChI=1S/C24H20FN5O3S/c1-2-33-23(32)17-3-7-19(8-4-17)27-21(31)15-34-24-29-28-22(16-11-13-26-14-12-16)30(24)20-9-5-18(25)6-10-20/h3-14H,2,15H2,1H3,(H,27,31). The fourth-order valence-electron chi connectivity index (χ4n) is 3.11. The Balaban J connectivity index is 1.49. The predicted octanol–water partition coefficient (Wildman–Crippen LogP) is 4.38. The van der Waals surface area contributed by atoms with Crippen LogP contribution in [0, 0.1) is 5.82 Å². The highest BCUT2D eigenvalue weighted by molar-refractivity contribution is 7.99. The largest absolute Gasteiger partial charge is 0.462 e. The first kappa shape index (κ1) is 23.1. The number of hydrogen-bond acceptors (Lipinski definition) is 7. The second kappa shape index (κ2) is 10.7. The number of anilines is 1. The first-order valence-corrected chi connectivity index (χ1v) is 11.4. The van der Waals surface area contributed by atoms with Crippen molar-refractivity contribution in [1.82, 2.24) is 19.7 Å². The van der Waals surface area contributed by atoms with E-state index in [0.29, 0.717) is 34.5 Å². The van der Waals surface area contributed by atoms with Gasteiger partial charge in [0.1, 0.15) is 5.82 Å². The van der Waals surface area contributed by atoms with Crippen molar-refractivity contribution in [2.24, 2.45) is 0 Å². The van der Waals surface area contributed by atoms with E-state index < -0.39 is 5.97 Å².